The Bertz CT molecular complexity index is 862. The van der Waals surface area contributed by atoms with E-state index in [1.54, 1.807) is 18.2 Å². The average molecular weight is 371 g/mol. The van der Waals surface area contributed by atoms with Gasteiger partial charge in [0.25, 0.3) is 0 Å². The number of amides is 1. The number of hydrogen-bond donors (Lipinski definition) is 2. The molecule has 0 aliphatic carbocycles. The molecule has 0 fully saturated rings. The lowest BCUT2D eigenvalue weighted by Gasteiger charge is -2.14. The first-order valence-corrected chi connectivity index (χ1v) is 8.53. The van der Waals surface area contributed by atoms with Crippen molar-refractivity contribution in [3.63, 3.8) is 0 Å². The van der Waals surface area contributed by atoms with Crippen LogP contribution in [0, 0.1) is 0 Å². The highest BCUT2D eigenvalue weighted by Crippen LogP contribution is 2.33. The van der Waals surface area contributed by atoms with Crippen LogP contribution in [0.2, 0.25) is 10.0 Å². The molecule has 25 heavy (non-hydrogen) atoms. The highest BCUT2D eigenvalue weighted by Gasteiger charge is 2.11. The first-order chi connectivity index (χ1) is 12.1. The van der Waals surface area contributed by atoms with Crippen molar-refractivity contribution < 1.29 is 4.79 Å². The Morgan fingerprint density at radius 1 is 0.800 bits per heavy atom. The molecule has 0 aliphatic heterocycles. The molecule has 0 saturated carbocycles. The zero-order valence-corrected chi connectivity index (χ0v) is 14.8. The van der Waals surface area contributed by atoms with Gasteiger partial charge in [0.05, 0.1) is 22.2 Å². The number of para-hydroxylation sites is 3. The lowest BCUT2D eigenvalue weighted by molar-refractivity contribution is -0.115. The summed E-state index contributed by atoms with van der Waals surface area (Å²) >= 11 is 12.4. The van der Waals surface area contributed by atoms with E-state index in [9.17, 15) is 4.79 Å². The number of benzene rings is 3. The molecule has 0 saturated heterocycles. The van der Waals surface area contributed by atoms with Gasteiger partial charge in [0.15, 0.2) is 0 Å². The number of carbonyl (C=O) groups excluding carboxylic acids is 1. The normalized spacial score (nSPS) is 10.3. The second kappa shape index (κ2) is 8.06. The molecule has 3 nitrogen and oxygen atoms in total. The van der Waals surface area contributed by atoms with Crippen molar-refractivity contribution in [2.75, 3.05) is 10.6 Å². The van der Waals surface area contributed by atoms with Crippen LogP contribution in [-0.4, -0.2) is 5.91 Å². The summed E-state index contributed by atoms with van der Waals surface area (Å²) in [5.41, 5.74) is 3.04. The topological polar surface area (TPSA) is 41.1 Å². The van der Waals surface area contributed by atoms with Gasteiger partial charge in [0.1, 0.15) is 0 Å². The van der Waals surface area contributed by atoms with E-state index >= 15 is 0 Å². The molecule has 0 unspecified atom stereocenters. The third kappa shape index (κ3) is 4.53. The SMILES string of the molecule is O=C(Cc1ccccc1Nc1c(Cl)cccc1Cl)Nc1ccccc1. The Hall–Kier alpha value is -2.49. The molecule has 5 heteroatoms. The van der Waals surface area contributed by atoms with Crippen LogP contribution in [0.3, 0.4) is 0 Å². The highest BCUT2D eigenvalue weighted by molar-refractivity contribution is 6.39. The molecule has 3 rings (SSSR count). The van der Waals surface area contributed by atoms with Crippen molar-refractivity contribution >= 4 is 46.2 Å². The zero-order valence-electron chi connectivity index (χ0n) is 13.3. The number of rotatable bonds is 5. The van der Waals surface area contributed by atoms with E-state index in [2.05, 4.69) is 10.6 Å². The number of nitrogens with one attached hydrogen (secondary N) is 2. The largest absolute Gasteiger partial charge is 0.353 e. The van der Waals surface area contributed by atoms with Crippen molar-refractivity contribution in [2.45, 2.75) is 6.42 Å². The minimum atomic E-state index is -0.0919. The standard InChI is InChI=1S/C20H16Cl2N2O/c21-16-10-6-11-17(22)20(16)24-18-12-5-4-7-14(18)13-19(25)23-15-8-2-1-3-9-15/h1-12,24H,13H2,(H,23,25). The van der Waals surface area contributed by atoms with Gasteiger partial charge in [0, 0.05) is 11.4 Å². The van der Waals surface area contributed by atoms with Crippen molar-refractivity contribution in [3.8, 4) is 0 Å². The summed E-state index contributed by atoms with van der Waals surface area (Å²) in [6.45, 7) is 0. The first-order valence-electron chi connectivity index (χ1n) is 7.77. The Balaban J connectivity index is 1.78. The van der Waals surface area contributed by atoms with Crippen LogP contribution in [0.15, 0.2) is 72.8 Å². The van der Waals surface area contributed by atoms with E-state index < -0.39 is 0 Å². The maximum absolute atomic E-state index is 12.3. The minimum absolute atomic E-state index is 0.0919. The summed E-state index contributed by atoms with van der Waals surface area (Å²) in [5, 5.41) is 7.17. The second-order valence-corrected chi connectivity index (χ2v) is 6.28. The summed E-state index contributed by atoms with van der Waals surface area (Å²) in [6.07, 6.45) is 0.236. The zero-order chi connectivity index (χ0) is 17.6. The van der Waals surface area contributed by atoms with Crippen molar-refractivity contribution in [2.24, 2.45) is 0 Å². The molecular weight excluding hydrogens is 355 g/mol. The first kappa shape index (κ1) is 17.3. The predicted octanol–water partition coefficient (Wildman–Crippen LogP) is 5.92. The van der Waals surface area contributed by atoms with Gasteiger partial charge < -0.3 is 10.6 Å². The van der Waals surface area contributed by atoms with Gasteiger partial charge in [-0.2, -0.15) is 0 Å². The second-order valence-electron chi connectivity index (χ2n) is 5.47. The van der Waals surface area contributed by atoms with Crippen LogP contribution in [-0.2, 0) is 11.2 Å². The minimum Gasteiger partial charge on any atom is -0.353 e. The van der Waals surface area contributed by atoms with Gasteiger partial charge >= 0.3 is 0 Å². The fourth-order valence-electron chi connectivity index (χ4n) is 2.45. The Kier molecular flexibility index (Phi) is 5.59. The van der Waals surface area contributed by atoms with Gasteiger partial charge in [-0.3, -0.25) is 4.79 Å². The third-order valence-corrected chi connectivity index (χ3v) is 4.28. The van der Waals surface area contributed by atoms with E-state index in [4.69, 9.17) is 23.2 Å². The summed E-state index contributed by atoms with van der Waals surface area (Å²) in [4.78, 5) is 12.3. The fraction of sp³-hybridized carbons (Fsp3) is 0.0500. The molecule has 0 bridgehead atoms. The maximum atomic E-state index is 12.3. The monoisotopic (exact) mass is 370 g/mol. The van der Waals surface area contributed by atoms with Gasteiger partial charge in [-0.05, 0) is 35.9 Å². The van der Waals surface area contributed by atoms with Gasteiger partial charge in [-0.25, -0.2) is 0 Å². The molecule has 0 aliphatic rings. The van der Waals surface area contributed by atoms with E-state index in [0.29, 0.717) is 15.7 Å². The van der Waals surface area contributed by atoms with Crippen molar-refractivity contribution in [1.29, 1.82) is 0 Å². The Morgan fingerprint density at radius 3 is 2.16 bits per heavy atom. The van der Waals surface area contributed by atoms with Crippen LogP contribution in [0.1, 0.15) is 5.56 Å². The van der Waals surface area contributed by atoms with Crippen molar-refractivity contribution in [1.82, 2.24) is 0 Å². The molecule has 1 amide bonds. The Labute approximate surface area is 156 Å². The van der Waals surface area contributed by atoms with E-state index in [1.165, 1.54) is 0 Å². The van der Waals surface area contributed by atoms with Gasteiger partial charge in [-0.1, -0.05) is 65.7 Å². The maximum Gasteiger partial charge on any atom is 0.228 e. The van der Waals surface area contributed by atoms with Crippen LogP contribution in [0.25, 0.3) is 0 Å². The molecule has 0 aromatic heterocycles. The highest BCUT2D eigenvalue weighted by atomic mass is 35.5. The van der Waals surface area contributed by atoms with E-state index in [1.807, 2.05) is 54.6 Å². The molecule has 0 heterocycles. The van der Waals surface area contributed by atoms with Crippen LogP contribution >= 0.6 is 23.2 Å². The molecule has 0 atom stereocenters. The van der Waals surface area contributed by atoms with Crippen molar-refractivity contribution in [3.05, 3.63) is 88.4 Å². The Morgan fingerprint density at radius 2 is 1.44 bits per heavy atom. The smallest absolute Gasteiger partial charge is 0.228 e. The number of hydrogen-bond acceptors (Lipinski definition) is 2. The number of carbonyl (C=O) groups is 1. The summed E-state index contributed by atoms with van der Waals surface area (Å²) in [7, 11) is 0. The van der Waals surface area contributed by atoms with Crippen LogP contribution in [0.5, 0.6) is 0 Å². The average Bonchev–Trinajstić information content (AvgIpc) is 2.60. The van der Waals surface area contributed by atoms with Crippen LogP contribution < -0.4 is 10.6 Å². The predicted molar refractivity (Wildman–Crippen MR) is 105 cm³/mol. The van der Waals surface area contributed by atoms with E-state index in [0.717, 1.165) is 16.9 Å². The molecule has 2 N–H and O–H groups in total. The lowest BCUT2D eigenvalue weighted by Crippen LogP contribution is -2.15. The van der Waals surface area contributed by atoms with Crippen LogP contribution in [0.4, 0.5) is 17.1 Å². The number of anilines is 3. The van der Waals surface area contributed by atoms with Gasteiger partial charge in [0.2, 0.25) is 5.91 Å². The summed E-state index contributed by atoms with van der Waals surface area (Å²) in [6, 6.07) is 22.3. The summed E-state index contributed by atoms with van der Waals surface area (Å²) in [5.74, 6) is -0.0919. The quantitative estimate of drug-likeness (QED) is 0.585. The molecule has 0 spiro atoms. The summed E-state index contributed by atoms with van der Waals surface area (Å²) < 4.78 is 0. The third-order valence-electron chi connectivity index (χ3n) is 3.65. The molecule has 126 valence electrons. The fourth-order valence-corrected chi connectivity index (χ4v) is 2.94. The molecule has 3 aromatic carbocycles. The van der Waals surface area contributed by atoms with E-state index in [-0.39, 0.29) is 12.3 Å². The van der Waals surface area contributed by atoms with Gasteiger partial charge in [-0.15, -0.1) is 0 Å². The lowest BCUT2D eigenvalue weighted by atomic mass is 10.1. The molecular formula is C20H16Cl2N2O. The molecule has 3 aromatic rings. The molecule has 0 radical (unpaired) electrons. The number of halogens is 2.